The van der Waals surface area contributed by atoms with Crippen LogP contribution in [0.5, 0.6) is 0 Å². The molecule has 0 saturated carbocycles. The monoisotopic (exact) mass is 443 g/mol. The van der Waals surface area contributed by atoms with Gasteiger partial charge in [0.15, 0.2) is 0 Å². The minimum atomic E-state index is -1.71. The van der Waals surface area contributed by atoms with Crippen molar-refractivity contribution in [3.8, 4) is 0 Å². The van der Waals surface area contributed by atoms with Crippen LogP contribution in [0.4, 0.5) is 5.69 Å². The number of nitrogens with one attached hydrogen (secondary N) is 1. The van der Waals surface area contributed by atoms with E-state index in [1.54, 1.807) is 12.1 Å². The maximum absolute atomic E-state index is 12.0. The molecule has 2 heterocycles. The summed E-state index contributed by atoms with van der Waals surface area (Å²) in [6, 6.07) is 16.1. The molecule has 7 nitrogen and oxygen atoms in total. The lowest BCUT2D eigenvalue weighted by Crippen LogP contribution is -2.46. The second kappa shape index (κ2) is 10.4. The summed E-state index contributed by atoms with van der Waals surface area (Å²) in [5.41, 5.74) is 5.99. The van der Waals surface area contributed by atoms with Crippen LogP contribution in [-0.2, 0) is 31.3 Å². The molecule has 4 rings (SSSR count). The number of benzene rings is 2. The topological polar surface area (TPSA) is 71.1 Å². The van der Waals surface area contributed by atoms with Crippen LogP contribution in [0.25, 0.3) is 0 Å². The first-order valence-electron chi connectivity index (χ1n) is 10.7. The van der Waals surface area contributed by atoms with Crippen LogP contribution in [0, 0.1) is 0 Å². The lowest BCUT2D eigenvalue weighted by Gasteiger charge is -2.37. The SMILES string of the molecule is CC(=O)NOS(=O)c1ccc(N2CCN(CC[C@@H]3OCCc4ccccc43)CC2)cc1. The minimum Gasteiger partial charge on any atom is -0.373 e. The van der Waals surface area contributed by atoms with Crippen LogP contribution in [0.2, 0.25) is 0 Å². The van der Waals surface area contributed by atoms with Crippen molar-refractivity contribution in [2.45, 2.75) is 30.8 Å². The van der Waals surface area contributed by atoms with Crippen LogP contribution in [-0.4, -0.2) is 54.3 Å². The van der Waals surface area contributed by atoms with Gasteiger partial charge < -0.3 is 9.64 Å². The minimum absolute atomic E-state index is 0.205. The Bertz CT molecular complexity index is 913. The molecule has 2 atom stereocenters. The van der Waals surface area contributed by atoms with Crippen molar-refractivity contribution in [1.82, 2.24) is 10.4 Å². The van der Waals surface area contributed by atoms with Gasteiger partial charge in [0.2, 0.25) is 17.0 Å². The van der Waals surface area contributed by atoms with Crippen LogP contribution in [0.3, 0.4) is 0 Å². The van der Waals surface area contributed by atoms with E-state index in [4.69, 9.17) is 9.02 Å². The third-order valence-corrected chi connectivity index (χ3v) is 6.72. The molecule has 8 heteroatoms. The van der Waals surface area contributed by atoms with Gasteiger partial charge in [-0.05, 0) is 48.2 Å². The normalized spacial score (nSPS) is 20.2. The van der Waals surface area contributed by atoms with Gasteiger partial charge >= 0.3 is 0 Å². The molecule has 2 aromatic carbocycles. The zero-order valence-electron chi connectivity index (χ0n) is 17.8. The van der Waals surface area contributed by atoms with Gasteiger partial charge in [-0.1, -0.05) is 24.3 Å². The molecule has 1 amide bonds. The van der Waals surface area contributed by atoms with Crippen molar-refractivity contribution in [1.29, 1.82) is 0 Å². The Hall–Kier alpha value is -2.26. The number of fused-ring (bicyclic) bond motifs is 1. The van der Waals surface area contributed by atoms with E-state index < -0.39 is 11.1 Å². The summed E-state index contributed by atoms with van der Waals surface area (Å²) >= 11 is -1.71. The summed E-state index contributed by atoms with van der Waals surface area (Å²) in [6.07, 6.45) is 2.24. The fourth-order valence-electron chi connectivity index (χ4n) is 4.16. The Kier molecular flexibility index (Phi) is 7.34. The highest BCUT2D eigenvalue weighted by Crippen LogP contribution is 2.30. The predicted octanol–water partition coefficient (Wildman–Crippen LogP) is 2.60. The number of amides is 1. The second-order valence-corrected chi connectivity index (χ2v) is 9.00. The molecule has 31 heavy (non-hydrogen) atoms. The van der Waals surface area contributed by atoms with Crippen LogP contribution < -0.4 is 10.4 Å². The molecule has 2 aromatic rings. The van der Waals surface area contributed by atoms with E-state index in [2.05, 4.69) is 39.5 Å². The smallest absolute Gasteiger partial charge is 0.241 e. The quantitative estimate of drug-likeness (QED) is 0.664. The second-order valence-electron chi connectivity index (χ2n) is 7.90. The van der Waals surface area contributed by atoms with Crippen molar-refractivity contribution in [3.05, 3.63) is 59.7 Å². The van der Waals surface area contributed by atoms with Crippen LogP contribution in [0.15, 0.2) is 53.4 Å². The van der Waals surface area contributed by atoms with Gasteiger partial charge in [0.25, 0.3) is 0 Å². The number of carbonyl (C=O) groups excluding carboxylic acids is 1. The molecule has 1 fully saturated rings. The summed E-state index contributed by atoms with van der Waals surface area (Å²) < 4.78 is 22.9. The zero-order valence-corrected chi connectivity index (χ0v) is 18.6. The fraction of sp³-hybridized carbons (Fsp3) is 0.435. The standard InChI is InChI=1S/C23H29N3O4S/c1-18(27)24-30-31(28)21-8-6-20(7-9-21)26-15-13-25(14-16-26)12-10-23-22-5-3-2-4-19(22)11-17-29-23/h2-9,23H,10-17H2,1H3,(H,24,27)/t23-,31?/m0/s1. The Morgan fingerprint density at radius 1 is 1.13 bits per heavy atom. The van der Waals surface area contributed by atoms with Gasteiger partial charge in [-0.25, -0.2) is 9.69 Å². The number of anilines is 1. The molecule has 1 unspecified atom stereocenters. The number of piperazine rings is 1. The van der Waals surface area contributed by atoms with Crippen molar-refractivity contribution in [2.24, 2.45) is 0 Å². The highest BCUT2D eigenvalue weighted by molar-refractivity contribution is 7.80. The number of rotatable bonds is 7. The average Bonchev–Trinajstić information content (AvgIpc) is 2.81. The maximum atomic E-state index is 12.0. The van der Waals surface area contributed by atoms with Gasteiger partial charge in [-0.15, -0.1) is 0 Å². The molecule has 0 spiro atoms. The number of hydroxylamine groups is 1. The Morgan fingerprint density at radius 3 is 2.61 bits per heavy atom. The van der Waals surface area contributed by atoms with E-state index in [1.165, 1.54) is 18.1 Å². The summed E-state index contributed by atoms with van der Waals surface area (Å²) in [5.74, 6) is -0.387. The summed E-state index contributed by atoms with van der Waals surface area (Å²) in [4.78, 5) is 16.2. The molecule has 166 valence electrons. The predicted molar refractivity (Wildman–Crippen MR) is 120 cm³/mol. The first-order chi connectivity index (χ1) is 15.1. The number of ether oxygens (including phenoxy) is 1. The first-order valence-corrected chi connectivity index (χ1v) is 11.8. The van der Waals surface area contributed by atoms with E-state index in [-0.39, 0.29) is 12.0 Å². The van der Waals surface area contributed by atoms with E-state index in [9.17, 15) is 9.00 Å². The molecule has 0 aliphatic carbocycles. The Balaban J connectivity index is 1.25. The van der Waals surface area contributed by atoms with Crippen molar-refractivity contribution in [3.63, 3.8) is 0 Å². The largest absolute Gasteiger partial charge is 0.373 e. The molecule has 2 aliphatic rings. The van der Waals surface area contributed by atoms with E-state index in [0.29, 0.717) is 4.90 Å². The first kappa shape index (κ1) is 22.0. The molecule has 2 aliphatic heterocycles. The highest BCUT2D eigenvalue weighted by Gasteiger charge is 2.23. The number of nitrogens with zero attached hydrogens (tertiary/aromatic N) is 2. The van der Waals surface area contributed by atoms with Gasteiger partial charge in [-0.3, -0.25) is 9.69 Å². The van der Waals surface area contributed by atoms with Gasteiger partial charge in [-0.2, -0.15) is 4.28 Å². The maximum Gasteiger partial charge on any atom is 0.241 e. The van der Waals surface area contributed by atoms with Crippen LogP contribution in [0.1, 0.15) is 30.6 Å². The number of carbonyl (C=O) groups is 1. The highest BCUT2D eigenvalue weighted by atomic mass is 32.2. The summed E-state index contributed by atoms with van der Waals surface area (Å²) in [6.45, 7) is 7.07. The van der Waals surface area contributed by atoms with Crippen molar-refractivity contribution in [2.75, 3.05) is 44.2 Å². The number of hydrogen-bond donors (Lipinski definition) is 1. The fourth-order valence-corrected chi connectivity index (χ4v) is 4.81. The summed E-state index contributed by atoms with van der Waals surface area (Å²) in [5, 5.41) is 0. The Morgan fingerprint density at radius 2 is 1.87 bits per heavy atom. The van der Waals surface area contributed by atoms with Crippen LogP contribution >= 0.6 is 0 Å². The molecular weight excluding hydrogens is 414 g/mol. The van der Waals surface area contributed by atoms with Gasteiger partial charge in [0.1, 0.15) is 0 Å². The molecular formula is C23H29N3O4S. The third kappa shape index (κ3) is 5.71. The van der Waals surface area contributed by atoms with Crippen molar-refractivity contribution < 1.29 is 18.0 Å². The molecule has 1 N–H and O–H groups in total. The lowest BCUT2D eigenvalue weighted by molar-refractivity contribution is -0.124. The molecule has 0 radical (unpaired) electrons. The van der Waals surface area contributed by atoms with Gasteiger partial charge in [0, 0.05) is 45.3 Å². The molecule has 0 aromatic heterocycles. The number of hydrogen-bond acceptors (Lipinski definition) is 6. The van der Waals surface area contributed by atoms with E-state index in [0.717, 1.165) is 57.9 Å². The average molecular weight is 444 g/mol. The van der Waals surface area contributed by atoms with Crippen molar-refractivity contribution >= 4 is 22.7 Å². The lowest BCUT2D eigenvalue weighted by atomic mass is 9.95. The summed E-state index contributed by atoms with van der Waals surface area (Å²) in [7, 11) is 0. The van der Waals surface area contributed by atoms with E-state index >= 15 is 0 Å². The Labute approximate surface area is 185 Å². The molecule has 1 saturated heterocycles. The van der Waals surface area contributed by atoms with E-state index in [1.807, 2.05) is 12.1 Å². The molecule has 0 bridgehead atoms. The zero-order chi connectivity index (χ0) is 21.6. The third-order valence-electron chi connectivity index (χ3n) is 5.83. The van der Waals surface area contributed by atoms with Gasteiger partial charge in [0.05, 0.1) is 17.6 Å².